The molecule has 0 saturated heterocycles. The third-order valence-corrected chi connectivity index (χ3v) is 4.45. The number of hydrogen-bond donors (Lipinski definition) is 0. The van der Waals surface area contributed by atoms with Crippen LogP contribution in [0, 0.1) is 12.7 Å². The molecule has 0 aliphatic heterocycles. The lowest BCUT2D eigenvalue weighted by atomic mass is 10.2. The molecule has 0 aliphatic rings. The van der Waals surface area contributed by atoms with Gasteiger partial charge in [0.25, 0.3) is 6.43 Å². The zero-order chi connectivity index (χ0) is 17.4. The molecule has 2 aromatic heterocycles. The van der Waals surface area contributed by atoms with Gasteiger partial charge in [0.15, 0.2) is 5.01 Å². The number of hydrogen-bond acceptors (Lipinski definition) is 5. The van der Waals surface area contributed by atoms with E-state index in [-0.39, 0.29) is 18.3 Å². The number of methoxy groups -OCH3 is 1. The topological polar surface area (TPSA) is 61.9 Å². The minimum absolute atomic E-state index is 0.0162. The van der Waals surface area contributed by atoms with Crippen LogP contribution in [0.3, 0.4) is 0 Å². The molecule has 6 nitrogen and oxygen atoms in total. The molecule has 3 aromatic rings. The Balaban J connectivity index is 2.27. The van der Waals surface area contributed by atoms with E-state index in [1.54, 1.807) is 6.92 Å². The van der Waals surface area contributed by atoms with Crippen LogP contribution >= 0.6 is 11.3 Å². The van der Waals surface area contributed by atoms with Gasteiger partial charge in [0.1, 0.15) is 5.82 Å². The summed E-state index contributed by atoms with van der Waals surface area (Å²) in [6, 6.07) is 2.73. The molecule has 2 heterocycles. The van der Waals surface area contributed by atoms with E-state index in [1.807, 2.05) is 0 Å². The third kappa shape index (κ3) is 2.71. The molecule has 128 valence electrons. The SMILES string of the molecule is COCCn1c(=O)n(-c2nnc(C(F)F)s2)c2cc(C)c(F)cc21. The van der Waals surface area contributed by atoms with Gasteiger partial charge in [-0.1, -0.05) is 11.3 Å². The number of nitrogens with zero attached hydrogens (tertiary/aromatic N) is 4. The van der Waals surface area contributed by atoms with Crippen molar-refractivity contribution in [2.24, 2.45) is 0 Å². The summed E-state index contributed by atoms with van der Waals surface area (Å²) in [5.41, 5.74) is 0.545. The van der Waals surface area contributed by atoms with Crippen molar-refractivity contribution < 1.29 is 17.9 Å². The van der Waals surface area contributed by atoms with Crippen molar-refractivity contribution in [2.75, 3.05) is 13.7 Å². The Labute approximate surface area is 138 Å². The summed E-state index contributed by atoms with van der Waals surface area (Å²) in [4.78, 5) is 12.7. The number of aromatic nitrogens is 4. The van der Waals surface area contributed by atoms with E-state index < -0.39 is 22.9 Å². The number of rotatable bonds is 5. The molecular formula is C14H13F3N4O2S. The first-order chi connectivity index (χ1) is 11.4. The zero-order valence-corrected chi connectivity index (χ0v) is 13.6. The van der Waals surface area contributed by atoms with Crippen LogP contribution in [0.4, 0.5) is 13.2 Å². The third-order valence-electron chi connectivity index (χ3n) is 3.54. The van der Waals surface area contributed by atoms with Gasteiger partial charge in [-0.2, -0.15) is 0 Å². The maximum atomic E-state index is 13.9. The van der Waals surface area contributed by atoms with Crippen molar-refractivity contribution in [1.29, 1.82) is 0 Å². The molecule has 24 heavy (non-hydrogen) atoms. The fourth-order valence-electron chi connectivity index (χ4n) is 2.37. The van der Waals surface area contributed by atoms with Crippen molar-refractivity contribution in [2.45, 2.75) is 19.9 Å². The molecule has 0 fully saturated rings. The Morgan fingerprint density at radius 3 is 2.67 bits per heavy atom. The summed E-state index contributed by atoms with van der Waals surface area (Å²) in [6.45, 7) is 2.00. The second kappa shape index (κ2) is 6.36. The van der Waals surface area contributed by atoms with E-state index in [0.29, 0.717) is 27.9 Å². The molecule has 0 aliphatic carbocycles. The summed E-state index contributed by atoms with van der Waals surface area (Å²) in [6.07, 6.45) is -2.77. The van der Waals surface area contributed by atoms with Crippen LogP contribution in [0.25, 0.3) is 16.2 Å². The van der Waals surface area contributed by atoms with Gasteiger partial charge >= 0.3 is 5.69 Å². The maximum absolute atomic E-state index is 13.9. The van der Waals surface area contributed by atoms with Crippen LogP contribution in [-0.2, 0) is 11.3 Å². The van der Waals surface area contributed by atoms with Gasteiger partial charge in [-0.15, -0.1) is 10.2 Å². The van der Waals surface area contributed by atoms with Crippen molar-refractivity contribution in [1.82, 2.24) is 19.3 Å². The number of alkyl halides is 2. The van der Waals surface area contributed by atoms with Crippen LogP contribution in [0.1, 0.15) is 17.0 Å². The Morgan fingerprint density at radius 2 is 2.04 bits per heavy atom. The molecular weight excluding hydrogens is 345 g/mol. The van der Waals surface area contributed by atoms with Crippen molar-refractivity contribution >= 4 is 22.4 Å². The lowest BCUT2D eigenvalue weighted by Crippen LogP contribution is -2.24. The molecule has 0 radical (unpaired) electrons. The molecule has 1 aromatic carbocycles. The summed E-state index contributed by atoms with van der Waals surface area (Å²) < 4.78 is 46.9. The van der Waals surface area contributed by atoms with Crippen molar-refractivity contribution in [3.05, 3.63) is 39.0 Å². The maximum Gasteiger partial charge on any atom is 0.335 e. The number of ether oxygens (including phenoxy) is 1. The molecule has 0 bridgehead atoms. The fraction of sp³-hybridized carbons (Fsp3) is 0.357. The van der Waals surface area contributed by atoms with Gasteiger partial charge in [-0.25, -0.2) is 22.5 Å². The van der Waals surface area contributed by atoms with Crippen LogP contribution in [0.5, 0.6) is 0 Å². The number of aryl methyl sites for hydroxylation is 1. The van der Waals surface area contributed by atoms with Crippen LogP contribution in [0.15, 0.2) is 16.9 Å². The van der Waals surface area contributed by atoms with E-state index in [1.165, 1.54) is 28.4 Å². The largest absolute Gasteiger partial charge is 0.383 e. The molecule has 10 heteroatoms. The number of benzene rings is 1. The molecule has 0 atom stereocenters. The Bertz CT molecular complexity index is 948. The zero-order valence-electron chi connectivity index (χ0n) is 12.8. The lowest BCUT2D eigenvalue weighted by molar-refractivity contribution is 0.150. The highest BCUT2D eigenvalue weighted by molar-refractivity contribution is 7.13. The van der Waals surface area contributed by atoms with Crippen molar-refractivity contribution in [3.8, 4) is 5.13 Å². The van der Waals surface area contributed by atoms with Crippen LogP contribution in [-0.4, -0.2) is 33.0 Å². The monoisotopic (exact) mass is 358 g/mol. The van der Waals surface area contributed by atoms with Crippen molar-refractivity contribution in [3.63, 3.8) is 0 Å². The van der Waals surface area contributed by atoms with Gasteiger partial charge in [-0.05, 0) is 18.6 Å². The number of halogens is 3. The molecule has 3 rings (SSSR count). The van der Waals surface area contributed by atoms with Gasteiger partial charge in [-0.3, -0.25) is 4.57 Å². The van der Waals surface area contributed by atoms with E-state index >= 15 is 0 Å². The number of fused-ring (bicyclic) bond motifs is 1. The minimum Gasteiger partial charge on any atom is -0.383 e. The van der Waals surface area contributed by atoms with E-state index in [0.717, 1.165) is 0 Å². The summed E-state index contributed by atoms with van der Waals surface area (Å²) in [5, 5.41) is 6.62. The standard InChI is InChI=1S/C14H13F3N4O2S/c1-7-5-10-9(6-8(7)15)20(3-4-23-2)14(22)21(10)13-19-18-12(24-13)11(16)17/h5-6,11H,3-4H2,1-2H3. The van der Waals surface area contributed by atoms with Gasteiger partial charge in [0.2, 0.25) is 5.13 Å². The number of imidazole rings is 1. The molecule has 0 N–H and O–H groups in total. The highest BCUT2D eigenvalue weighted by Gasteiger charge is 2.21. The molecule has 0 saturated carbocycles. The van der Waals surface area contributed by atoms with E-state index in [4.69, 9.17) is 4.74 Å². The Hall–Kier alpha value is -2.20. The average Bonchev–Trinajstić information content (AvgIpc) is 3.10. The Kier molecular flexibility index (Phi) is 4.41. The van der Waals surface area contributed by atoms with Gasteiger partial charge < -0.3 is 4.74 Å². The first-order valence-electron chi connectivity index (χ1n) is 6.96. The van der Waals surface area contributed by atoms with Crippen LogP contribution < -0.4 is 5.69 Å². The summed E-state index contributed by atoms with van der Waals surface area (Å²) in [5.74, 6) is -0.462. The first kappa shape index (κ1) is 16.7. The summed E-state index contributed by atoms with van der Waals surface area (Å²) >= 11 is 0.623. The first-order valence-corrected chi connectivity index (χ1v) is 7.78. The average molecular weight is 358 g/mol. The molecule has 0 spiro atoms. The molecule has 0 amide bonds. The smallest absolute Gasteiger partial charge is 0.335 e. The highest BCUT2D eigenvalue weighted by Crippen LogP contribution is 2.27. The second-order valence-corrected chi connectivity index (χ2v) is 6.06. The quantitative estimate of drug-likeness (QED) is 0.704. The Morgan fingerprint density at radius 1 is 1.29 bits per heavy atom. The van der Waals surface area contributed by atoms with Gasteiger partial charge in [0, 0.05) is 13.2 Å². The fourth-order valence-corrected chi connectivity index (χ4v) is 3.07. The summed E-state index contributed by atoms with van der Waals surface area (Å²) in [7, 11) is 1.48. The molecule has 0 unspecified atom stereocenters. The lowest BCUT2D eigenvalue weighted by Gasteiger charge is -2.02. The van der Waals surface area contributed by atoms with Gasteiger partial charge in [0.05, 0.1) is 24.2 Å². The normalized spacial score (nSPS) is 11.8. The predicted octanol–water partition coefficient (Wildman–Crippen LogP) is 2.68. The minimum atomic E-state index is -2.77. The second-order valence-electron chi connectivity index (χ2n) is 5.08. The van der Waals surface area contributed by atoms with Crippen LogP contribution in [0.2, 0.25) is 0 Å². The highest BCUT2D eigenvalue weighted by atomic mass is 32.1. The van der Waals surface area contributed by atoms with E-state index in [2.05, 4.69) is 10.2 Å². The predicted molar refractivity (Wildman–Crippen MR) is 82.5 cm³/mol. The van der Waals surface area contributed by atoms with E-state index in [9.17, 15) is 18.0 Å².